The van der Waals surface area contributed by atoms with Crippen LogP contribution in [0.5, 0.6) is 0 Å². The number of aliphatic carboxylic acids is 1. The van der Waals surface area contributed by atoms with Gasteiger partial charge in [-0.3, -0.25) is 15.0 Å². The Kier molecular flexibility index (Phi) is 9.65. The van der Waals surface area contributed by atoms with Crippen molar-refractivity contribution < 1.29 is 24.2 Å². The molecule has 0 aromatic heterocycles. The average molecular weight is 392 g/mol. The topological polar surface area (TPSA) is 123 Å². The summed E-state index contributed by atoms with van der Waals surface area (Å²) in [6.07, 6.45) is 4.82. The zero-order valence-electron chi connectivity index (χ0n) is 17.0. The van der Waals surface area contributed by atoms with E-state index in [-0.39, 0.29) is 29.9 Å². The van der Waals surface area contributed by atoms with E-state index in [0.29, 0.717) is 6.61 Å². The molecule has 2 rings (SSSR count). The van der Waals surface area contributed by atoms with Crippen molar-refractivity contribution in [2.75, 3.05) is 0 Å². The molecule has 0 spiro atoms. The van der Waals surface area contributed by atoms with Crippen molar-refractivity contribution in [2.24, 2.45) is 5.73 Å². The van der Waals surface area contributed by atoms with Gasteiger partial charge in [-0.25, -0.2) is 0 Å². The van der Waals surface area contributed by atoms with Gasteiger partial charge in [-0.15, -0.1) is 0 Å². The number of rotatable bonds is 7. The molecule has 1 aliphatic carbocycles. The van der Waals surface area contributed by atoms with Gasteiger partial charge in [-0.1, -0.05) is 38.1 Å². The molecule has 1 aromatic rings. The average Bonchev–Trinajstić information content (AvgIpc) is 2.67. The van der Waals surface area contributed by atoms with E-state index in [2.05, 4.69) is 6.92 Å². The highest BCUT2D eigenvalue weighted by Gasteiger charge is 2.36. The molecule has 0 aliphatic heterocycles. The fourth-order valence-electron chi connectivity index (χ4n) is 3.11. The normalized spacial score (nSPS) is 21.2. The molecule has 0 heterocycles. The minimum Gasteiger partial charge on any atom is -0.481 e. The molecule has 7 heteroatoms. The summed E-state index contributed by atoms with van der Waals surface area (Å²) in [5, 5.41) is 15.1. The molecule has 0 saturated heterocycles. The number of ether oxygens (including phenoxy) is 2. The highest BCUT2D eigenvalue weighted by atomic mass is 16.6. The van der Waals surface area contributed by atoms with E-state index in [0.717, 1.165) is 43.2 Å². The number of carbonyl (C=O) groups excluding carboxylic acids is 1. The first-order valence-corrected chi connectivity index (χ1v) is 9.67. The zero-order valence-corrected chi connectivity index (χ0v) is 17.0. The zero-order chi connectivity index (χ0) is 21.2. The summed E-state index contributed by atoms with van der Waals surface area (Å²) >= 11 is 0. The van der Waals surface area contributed by atoms with Crippen molar-refractivity contribution in [3.05, 3.63) is 35.4 Å². The highest BCUT2D eigenvalue weighted by molar-refractivity contribution is 5.94. The third-order valence-corrected chi connectivity index (χ3v) is 4.90. The van der Waals surface area contributed by atoms with Gasteiger partial charge >= 0.3 is 11.9 Å². The molecule has 1 aromatic carbocycles. The molecule has 4 N–H and O–H groups in total. The Morgan fingerprint density at radius 1 is 1.21 bits per heavy atom. The van der Waals surface area contributed by atoms with Gasteiger partial charge in [-0.2, -0.15) is 0 Å². The van der Waals surface area contributed by atoms with Gasteiger partial charge in [0.25, 0.3) is 0 Å². The molecule has 0 amide bonds. The van der Waals surface area contributed by atoms with Gasteiger partial charge in [0.2, 0.25) is 0 Å². The van der Waals surface area contributed by atoms with E-state index >= 15 is 0 Å². The summed E-state index contributed by atoms with van der Waals surface area (Å²) < 4.78 is 11.5. The molecule has 156 valence electrons. The fraction of sp³-hybridized carbons (Fsp3) is 0.571. The molecule has 0 atom stereocenters. The largest absolute Gasteiger partial charge is 0.481 e. The summed E-state index contributed by atoms with van der Waals surface area (Å²) in [4.78, 5) is 20.6. The number of amidine groups is 1. The number of nitrogens with one attached hydrogen (secondary N) is 1. The maximum atomic E-state index is 11.3. The molecule has 7 nitrogen and oxygen atoms in total. The first kappa shape index (κ1) is 23.6. The molecule has 1 saturated carbocycles. The van der Waals surface area contributed by atoms with Crippen LogP contribution in [0.1, 0.15) is 70.4 Å². The molecular formula is C21H32N2O5. The van der Waals surface area contributed by atoms with Crippen LogP contribution in [0.25, 0.3) is 0 Å². The Hall–Kier alpha value is -2.41. The SMILES string of the molecule is CCC(=O)O.CCC1(OC(C)=O)CCC(OCc2ccc(C(=N)N)cc2)CC1. The number of nitrogens with two attached hydrogens (primary N) is 1. The standard InChI is InChI=1S/C18H26N2O3.C3H6O2/c1-3-18(23-13(2)21)10-8-16(9-11-18)22-12-14-4-6-15(7-5-14)17(19)20;1-2-3(4)5/h4-7,16H,3,8-12H2,1-2H3,(H3,19,20);2H2,1H3,(H,4,5). The third kappa shape index (κ3) is 8.08. The number of benzene rings is 1. The summed E-state index contributed by atoms with van der Waals surface area (Å²) in [6.45, 7) is 5.70. The van der Waals surface area contributed by atoms with Crippen LogP contribution in [-0.2, 0) is 25.7 Å². The lowest BCUT2D eigenvalue weighted by Crippen LogP contribution is -2.40. The van der Waals surface area contributed by atoms with Gasteiger partial charge in [0, 0.05) is 18.9 Å². The molecule has 28 heavy (non-hydrogen) atoms. The van der Waals surface area contributed by atoms with Crippen molar-refractivity contribution in [2.45, 2.75) is 77.6 Å². The predicted molar refractivity (Wildman–Crippen MR) is 107 cm³/mol. The maximum Gasteiger partial charge on any atom is 0.303 e. The first-order chi connectivity index (χ1) is 13.2. The lowest BCUT2D eigenvalue weighted by Gasteiger charge is -2.38. The third-order valence-electron chi connectivity index (χ3n) is 4.90. The van der Waals surface area contributed by atoms with Crippen LogP contribution in [0.4, 0.5) is 0 Å². The van der Waals surface area contributed by atoms with Gasteiger partial charge in [0.05, 0.1) is 12.7 Å². The van der Waals surface area contributed by atoms with Crippen LogP contribution in [0.2, 0.25) is 0 Å². The number of carbonyl (C=O) groups is 2. The van der Waals surface area contributed by atoms with Crippen LogP contribution in [0, 0.1) is 5.41 Å². The Morgan fingerprint density at radius 3 is 2.14 bits per heavy atom. The molecule has 0 unspecified atom stereocenters. The quantitative estimate of drug-likeness (QED) is 0.370. The fourth-order valence-corrected chi connectivity index (χ4v) is 3.11. The first-order valence-electron chi connectivity index (χ1n) is 9.67. The summed E-state index contributed by atoms with van der Waals surface area (Å²) in [5.41, 5.74) is 6.94. The molecular weight excluding hydrogens is 360 g/mol. The highest BCUT2D eigenvalue weighted by Crippen LogP contribution is 2.36. The van der Waals surface area contributed by atoms with Crippen LogP contribution in [-0.4, -0.2) is 34.6 Å². The number of esters is 1. The van der Waals surface area contributed by atoms with Crippen LogP contribution in [0.3, 0.4) is 0 Å². The summed E-state index contributed by atoms with van der Waals surface area (Å²) in [7, 11) is 0. The van der Waals surface area contributed by atoms with E-state index < -0.39 is 5.97 Å². The molecule has 1 aliphatic rings. The van der Waals surface area contributed by atoms with Crippen molar-refractivity contribution in [3.8, 4) is 0 Å². The summed E-state index contributed by atoms with van der Waals surface area (Å²) in [5.74, 6) is -0.868. The van der Waals surface area contributed by atoms with Crippen LogP contribution < -0.4 is 5.73 Å². The Bertz CT molecular complexity index is 649. The van der Waals surface area contributed by atoms with Crippen molar-refractivity contribution >= 4 is 17.8 Å². The molecule has 0 radical (unpaired) electrons. The second-order valence-electron chi connectivity index (χ2n) is 7.00. The minimum absolute atomic E-state index is 0.0751. The lowest BCUT2D eigenvalue weighted by atomic mass is 9.81. The number of hydrogen-bond acceptors (Lipinski definition) is 5. The van der Waals surface area contributed by atoms with E-state index in [4.69, 9.17) is 25.7 Å². The van der Waals surface area contributed by atoms with E-state index in [1.54, 1.807) is 6.92 Å². The second kappa shape index (κ2) is 11.4. The number of hydrogen-bond donors (Lipinski definition) is 3. The van der Waals surface area contributed by atoms with Gasteiger partial charge in [-0.05, 0) is 37.7 Å². The molecule has 1 fully saturated rings. The Morgan fingerprint density at radius 2 is 1.75 bits per heavy atom. The van der Waals surface area contributed by atoms with Gasteiger partial charge in [0.1, 0.15) is 11.4 Å². The van der Waals surface area contributed by atoms with Crippen molar-refractivity contribution in [1.29, 1.82) is 5.41 Å². The predicted octanol–water partition coefficient (Wildman–Crippen LogP) is 3.62. The smallest absolute Gasteiger partial charge is 0.303 e. The summed E-state index contributed by atoms with van der Waals surface area (Å²) in [6, 6.07) is 7.55. The van der Waals surface area contributed by atoms with Crippen molar-refractivity contribution in [3.63, 3.8) is 0 Å². The number of carboxylic acid groups (broad SMARTS) is 1. The Balaban J connectivity index is 0.000000696. The van der Waals surface area contributed by atoms with E-state index in [1.165, 1.54) is 6.92 Å². The van der Waals surface area contributed by atoms with E-state index in [1.807, 2.05) is 24.3 Å². The van der Waals surface area contributed by atoms with Gasteiger partial charge < -0.3 is 20.3 Å². The number of carboxylic acids is 1. The monoisotopic (exact) mass is 392 g/mol. The number of nitrogen functional groups attached to an aromatic ring is 1. The second-order valence-corrected chi connectivity index (χ2v) is 7.00. The maximum absolute atomic E-state index is 11.3. The minimum atomic E-state index is -0.745. The Labute approximate surface area is 166 Å². The molecule has 0 bridgehead atoms. The van der Waals surface area contributed by atoms with E-state index in [9.17, 15) is 9.59 Å². The van der Waals surface area contributed by atoms with Crippen LogP contribution in [0.15, 0.2) is 24.3 Å². The van der Waals surface area contributed by atoms with Gasteiger partial charge in [0.15, 0.2) is 0 Å². The van der Waals surface area contributed by atoms with Crippen LogP contribution >= 0.6 is 0 Å². The lowest BCUT2D eigenvalue weighted by molar-refractivity contribution is -0.164. The van der Waals surface area contributed by atoms with Crippen molar-refractivity contribution in [1.82, 2.24) is 0 Å².